The van der Waals surface area contributed by atoms with E-state index in [0.717, 1.165) is 53.0 Å². The van der Waals surface area contributed by atoms with E-state index >= 15 is 0 Å². The van der Waals surface area contributed by atoms with Crippen molar-refractivity contribution in [2.75, 3.05) is 5.73 Å². The summed E-state index contributed by atoms with van der Waals surface area (Å²) < 4.78 is 41.7. The fourth-order valence-corrected chi connectivity index (χ4v) is 5.73. The van der Waals surface area contributed by atoms with E-state index in [1.807, 2.05) is 37.4 Å². The third-order valence-corrected chi connectivity index (χ3v) is 8.09. The van der Waals surface area contributed by atoms with Gasteiger partial charge in [0.2, 0.25) is 0 Å². The van der Waals surface area contributed by atoms with Crippen LogP contribution in [0.15, 0.2) is 60.9 Å². The summed E-state index contributed by atoms with van der Waals surface area (Å²) in [6, 6.07) is 13.4. The summed E-state index contributed by atoms with van der Waals surface area (Å²) in [7, 11) is 0. The van der Waals surface area contributed by atoms with E-state index in [4.69, 9.17) is 10.7 Å². The van der Waals surface area contributed by atoms with Crippen LogP contribution in [0, 0.1) is 11.8 Å². The van der Waals surface area contributed by atoms with E-state index in [0.29, 0.717) is 23.2 Å². The average molecular weight is 507 g/mol. The first-order chi connectivity index (χ1) is 17.6. The number of nitrogens with two attached hydrogens (primary N) is 1. The van der Waals surface area contributed by atoms with Gasteiger partial charge in [-0.05, 0) is 54.7 Å². The number of hydrogen-bond donors (Lipinski definition) is 1. The van der Waals surface area contributed by atoms with E-state index in [9.17, 15) is 13.2 Å². The molecule has 0 unspecified atom stereocenters. The zero-order chi connectivity index (χ0) is 26.3. The van der Waals surface area contributed by atoms with Gasteiger partial charge >= 0.3 is 6.18 Å². The highest BCUT2D eigenvalue weighted by Crippen LogP contribution is 2.41. The highest BCUT2D eigenvalue weighted by Gasteiger charge is 2.31. The molecule has 2 N–H and O–H groups in total. The molecular weight excluding hydrogens is 473 g/mol. The minimum Gasteiger partial charge on any atom is -0.382 e. The molecule has 0 spiro atoms. The zero-order valence-electron chi connectivity index (χ0n) is 21.5. The van der Waals surface area contributed by atoms with E-state index < -0.39 is 11.7 Å². The van der Waals surface area contributed by atoms with Crippen LogP contribution in [0.3, 0.4) is 0 Å². The lowest BCUT2D eigenvalue weighted by atomic mass is 9.77. The van der Waals surface area contributed by atoms with Crippen LogP contribution < -0.4 is 5.73 Å². The molecule has 0 saturated heterocycles. The number of anilines is 1. The van der Waals surface area contributed by atoms with Gasteiger partial charge in [-0.15, -0.1) is 0 Å². The number of aromatic nitrogens is 3. The Bertz CT molecular complexity index is 1380. The Hall–Kier alpha value is -3.35. The van der Waals surface area contributed by atoms with Crippen LogP contribution in [0.4, 0.5) is 19.0 Å². The van der Waals surface area contributed by atoms with Gasteiger partial charge in [-0.2, -0.15) is 13.2 Å². The summed E-state index contributed by atoms with van der Waals surface area (Å²) in [6.07, 6.45) is 3.92. The van der Waals surface area contributed by atoms with Crippen LogP contribution in [0.25, 0.3) is 16.8 Å². The van der Waals surface area contributed by atoms with Crippen molar-refractivity contribution in [1.82, 2.24) is 14.4 Å². The first-order valence-electron chi connectivity index (χ1n) is 13.0. The Morgan fingerprint density at radius 3 is 2.30 bits per heavy atom. The van der Waals surface area contributed by atoms with Gasteiger partial charge < -0.3 is 5.73 Å². The van der Waals surface area contributed by atoms with Gasteiger partial charge in [-0.3, -0.25) is 4.40 Å². The number of fused-ring (bicyclic) bond motifs is 1. The van der Waals surface area contributed by atoms with E-state index in [1.54, 1.807) is 12.3 Å². The lowest BCUT2D eigenvalue weighted by Crippen LogP contribution is -2.19. The lowest BCUT2D eigenvalue weighted by molar-refractivity contribution is -0.137. The SMILES string of the molecule is CC(C)C1CCC(c2nc(-c3ccc([C@H](C)c4cccc(C(F)(F)F)c4)cc3)c3c(N)nccn23)CC1. The Kier molecular flexibility index (Phi) is 6.73. The maximum absolute atomic E-state index is 13.2. The molecule has 5 rings (SSSR count). The van der Waals surface area contributed by atoms with Crippen LogP contribution in [-0.4, -0.2) is 14.4 Å². The van der Waals surface area contributed by atoms with Gasteiger partial charge in [-0.1, -0.05) is 63.2 Å². The van der Waals surface area contributed by atoms with Crippen LogP contribution in [0.2, 0.25) is 0 Å². The number of nitrogens with zero attached hydrogens (tertiary/aromatic N) is 3. The van der Waals surface area contributed by atoms with E-state index in [-0.39, 0.29) is 5.92 Å². The second kappa shape index (κ2) is 9.84. The van der Waals surface area contributed by atoms with Crippen molar-refractivity contribution in [2.45, 2.75) is 64.5 Å². The Balaban J connectivity index is 1.46. The predicted octanol–water partition coefficient (Wildman–Crippen LogP) is 8.08. The van der Waals surface area contributed by atoms with Crippen LogP contribution in [0.5, 0.6) is 0 Å². The molecule has 2 aromatic carbocycles. The third-order valence-electron chi connectivity index (χ3n) is 8.09. The Labute approximate surface area is 215 Å². The zero-order valence-corrected chi connectivity index (χ0v) is 21.5. The normalized spacial score (nSPS) is 19.4. The predicted molar refractivity (Wildman–Crippen MR) is 141 cm³/mol. The van der Waals surface area contributed by atoms with Crippen LogP contribution in [0.1, 0.15) is 80.8 Å². The van der Waals surface area contributed by atoms with Gasteiger partial charge in [0, 0.05) is 29.8 Å². The van der Waals surface area contributed by atoms with Crippen molar-refractivity contribution < 1.29 is 13.2 Å². The van der Waals surface area contributed by atoms with E-state index in [2.05, 4.69) is 23.2 Å². The number of rotatable bonds is 5. The maximum atomic E-state index is 13.2. The molecule has 2 aromatic heterocycles. The molecule has 7 heteroatoms. The molecule has 1 atom stereocenters. The fourth-order valence-electron chi connectivity index (χ4n) is 5.73. The monoisotopic (exact) mass is 506 g/mol. The molecule has 37 heavy (non-hydrogen) atoms. The molecule has 4 aromatic rings. The minimum absolute atomic E-state index is 0.187. The largest absolute Gasteiger partial charge is 0.416 e. The number of halogens is 3. The highest BCUT2D eigenvalue weighted by molar-refractivity contribution is 5.85. The summed E-state index contributed by atoms with van der Waals surface area (Å²) >= 11 is 0. The molecule has 1 aliphatic rings. The summed E-state index contributed by atoms with van der Waals surface area (Å²) in [5.41, 5.74) is 9.79. The van der Waals surface area contributed by atoms with Crippen molar-refractivity contribution in [3.63, 3.8) is 0 Å². The molecule has 2 heterocycles. The fraction of sp³-hybridized carbons (Fsp3) is 0.400. The first kappa shape index (κ1) is 25.3. The van der Waals surface area contributed by atoms with Gasteiger partial charge in [0.05, 0.1) is 5.56 Å². The second-order valence-corrected chi connectivity index (χ2v) is 10.7. The highest BCUT2D eigenvalue weighted by atomic mass is 19.4. The van der Waals surface area contributed by atoms with Gasteiger partial charge in [-0.25, -0.2) is 9.97 Å². The van der Waals surface area contributed by atoms with Gasteiger partial charge in [0.15, 0.2) is 0 Å². The number of imidazole rings is 1. The molecule has 1 fully saturated rings. The van der Waals surface area contributed by atoms with E-state index in [1.165, 1.54) is 25.0 Å². The van der Waals surface area contributed by atoms with Crippen molar-refractivity contribution >= 4 is 11.3 Å². The minimum atomic E-state index is -4.36. The standard InChI is InChI=1S/C30H33F3N4/c1-18(2)20-7-13-23(14-8-20)29-36-26(27-28(34)35-15-16-37(27)29)22-11-9-21(10-12-22)19(3)24-5-4-6-25(17-24)30(31,32)33/h4-6,9-12,15-20,23H,7-8,13-14H2,1-3H3,(H2,34,35)/t19-,20?,23?/m0/s1. The van der Waals surface area contributed by atoms with Crippen molar-refractivity contribution in [3.8, 4) is 11.3 Å². The topological polar surface area (TPSA) is 56.2 Å². The molecule has 1 aliphatic carbocycles. The maximum Gasteiger partial charge on any atom is 0.416 e. The van der Waals surface area contributed by atoms with Gasteiger partial charge in [0.1, 0.15) is 22.9 Å². The Morgan fingerprint density at radius 2 is 1.65 bits per heavy atom. The number of alkyl halides is 3. The third kappa shape index (κ3) is 4.96. The second-order valence-electron chi connectivity index (χ2n) is 10.7. The van der Waals surface area contributed by atoms with Gasteiger partial charge in [0.25, 0.3) is 0 Å². The Morgan fingerprint density at radius 1 is 0.946 bits per heavy atom. The molecule has 0 amide bonds. The van der Waals surface area contributed by atoms with Crippen LogP contribution >= 0.6 is 0 Å². The first-order valence-corrected chi connectivity index (χ1v) is 13.0. The molecule has 1 saturated carbocycles. The smallest absolute Gasteiger partial charge is 0.382 e. The molecule has 0 radical (unpaired) electrons. The lowest BCUT2D eigenvalue weighted by Gasteiger charge is -2.30. The van der Waals surface area contributed by atoms with Crippen molar-refractivity contribution in [3.05, 3.63) is 83.4 Å². The number of benzene rings is 2. The summed E-state index contributed by atoms with van der Waals surface area (Å²) in [5.74, 6) is 3.12. The van der Waals surface area contributed by atoms with Crippen LogP contribution in [-0.2, 0) is 6.18 Å². The molecule has 0 bridgehead atoms. The summed E-state index contributed by atoms with van der Waals surface area (Å²) in [5, 5.41) is 0. The number of nitrogen functional groups attached to an aromatic ring is 1. The average Bonchev–Trinajstić information content (AvgIpc) is 3.29. The molecular formula is C30H33F3N4. The van der Waals surface area contributed by atoms with Crippen molar-refractivity contribution in [2.24, 2.45) is 11.8 Å². The summed E-state index contributed by atoms with van der Waals surface area (Å²) in [4.78, 5) is 9.43. The molecule has 4 nitrogen and oxygen atoms in total. The number of hydrogen-bond acceptors (Lipinski definition) is 3. The van der Waals surface area contributed by atoms with Crippen molar-refractivity contribution in [1.29, 1.82) is 0 Å². The summed E-state index contributed by atoms with van der Waals surface area (Å²) in [6.45, 7) is 6.53. The molecule has 0 aliphatic heterocycles. The quantitative estimate of drug-likeness (QED) is 0.298. The molecule has 194 valence electrons.